The molecule has 21 heavy (non-hydrogen) atoms. The number of hydrogen-bond donors (Lipinski definition) is 1. The first-order chi connectivity index (χ1) is 9.81. The Morgan fingerprint density at radius 2 is 1.76 bits per heavy atom. The SMILES string of the molecule is Cn1ccc(C(=O)N(N)c2c(Cl)cc(Cl)cc2Cl)cc1=O. The number of anilines is 1. The lowest BCUT2D eigenvalue weighted by atomic mass is 10.2. The predicted octanol–water partition coefficient (Wildman–Crippen LogP) is 2.87. The van der Waals surface area contributed by atoms with Gasteiger partial charge in [0.25, 0.3) is 11.5 Å². The number of hydrazine groups is 1. The lowest BCUT2D eigenvalue weighted by Crippen LogP contribution is -2.38. The van der Waals surface area contributed by atoms with E-state index in [1.807, 2.05) is 0 Å². The van der Waals surface area contributed by atoms with Crippen LogP contribution in [0, 0.1) is 0 Å². The summed E-state index contributed by atoms with van der Waals surface area (Å²) in [6, 6.07) is 5.49. The molecule has 2 rings (SSSR count). The zero-order chi connectivity index (χ0) is 15.7. The smallest absolute Gasteiger partial charge is 0.272 e. The fourth-order valence-electron chi connectivity index (χ4n) is 1.69. The van der Waals surface area contributed by atoms with Crippen LogP contribution in [-0.4, -0.2) is 10.5 Å². The molecule has 1 aromatic heterocycles. The van der Waals surface area contributed by atoms with Crippen LogP contribution >= 0.6 is 34.8 Å². The molecule has 0 spiro atoms. The van der Waals surface area contributed by atoms with E-state index in [0.717, 1.165) is 5.01 Å². The molecule has 110 valence electrons. The second-order valence-corrected chi connectivity index (χ2v) is 5.51. The summed E-state index contributed by atoms with van der Waals surface area (Å²) in [4.78, 5) is 23.9. The molecule has 0 bridgehead atoms. The van der Waals surface area contributed by atoms with E-state index in [1.165, 1.54) is 35.0 Å². The van der Waals surface area contributed by atoms with E-state index in [1.54, 1.807) is 7.05 Å². The van der Waals surface area contributed by atoms with Crippen LogP contribution in [0.3, 0.4) is 0 Å². The molecule has 2 aromatic rings. The van der Waals surface area contributed by atoms with Crippen LogP contribution < -0.4 is 16.4 Å². The van der Waals surface area contributed by atoms with Crippen molar-refractivity contribution in [1.29, 1.82) is 0 Å². The second kappa shape index (κ2) is 6.07. The zero-order valence-electron chi connectivity index (χ0n) is 10.8. The van der Waals surface area contributed by atoms with Gasteiger partial charge < -0.3 is 4.57 Å². The van der Waals surface area contributed by atoms with Crippen LogP contribution in [0.4, 0.5) is 5.69 Å². The Hall–Kier alpha value is -1.53. The molecule has 0 saturated carbocycles. The minimum absolute atomic E-state index is 0.119. The van der Waals surface area contributed by atoms with E-state index in [4.69, 9.17) is 40.6 Å². The summed E-state index contributed by atoms with van der Waals surface area (Å²) in [5.41, 5.74) is -0.0846. The van der Waals surface area contributed by atoms with Crippen molar-refractivity contribution in [3.8, 4) is 0 Å². The highest BCUT2D eigenvalue weighted by atomic mass is 35.5. The first kappa shape index (κ1) is 15.9. The van der Waals surface area contributed by atoms with Crippen LogP contribution in [0.15, 0.2) is 35.3 Å². The van der Waals surface area contributed by atoms with Crippen molar-refractivity contribution in [1.82, 2.24) is 4.57 Å². The quantitative estimate of drug-likeness (QED) is 0.516. The molecule has 1 heterocycles. The standard InChI is InChI=1S/C13H10Cl3N3O2/c1-18-3-2-7(4-11(18)20)13(21)19(17)12-9(15)5-8(14)6-10(12)16/h2-6H,17H2,1H3. The summed E-state index contributed by atoms with van der Waals surface area (Å²) < 4.78 is 1.33. The van der Waals surface area contributed by atoms with Gasteiger partial charge in [0.05, 0.1) is 15.7 Å². The third-order valence-corrected chi connectivity index (χ3v) is 3.59. The van der Waals surface area contributed by atoms with Crippen LogP contribution in [0.5, 0.6) is 0 Å². The van der Waals surface area contributed by atoms with Gasteiger partial charge in [-0.25, -0.2) is 10.9 Å². The molecule has 8 heteroatoms. The van der Waals surface area contributed by atoms with Gasteiger partial charge in [-0.05, 0) is 18.2 Å². The highest BCUT2D eigenvalue weighted by molar-refractivity contribution is 6.42. The molecule has 1 amide bonds. The van der Waals surface area contributed by atoms with Crippen LogP contribution in [0.2, 0.25) is 15.1 Å². The molecule has 0 aliphatic carbocycles. The molecular formula is C13H10Cl3N3O2. The van der Waals surface area contributed by atoms with E-state index in [0.29, 0.717) is 5.02 Å². The number of halogens is 3. The lowest BCUT2D eigenvalue weighted by Gasteiger charge is -2.19. The van der Waals surface area contributed by atoms with Crippen molar-refractivity contribution in [3.63, 3.8) is 0 Å². The number of nitrogens with two attached hydrogens (primary N) is 1. The largest absolute Gasteiger partial charge is 0.319 e. The molecule has 0 radical (unpaired) electrons. The molecule has 2 N–H and O–H groups in total. The number of pyridine rings is 1. The van der Waals surface area contributed by atoms with Gasteiger partial charge in [0.1, 0.15) is 0 Å². The van der Waals surface area contributed by atoms with Crippen molar-refractivity contribution in [2.24, 2.45) is 12.9 Å². The minimum atomic E-state index is -0.612. The monoisotopic (exact) mass is 345 g/mol. The number of carbonyl (C=O) groups excluding carboxylic acids is 1. The Bertz CT molecular complexity index is 750. The fourth-order valence-corrected chi connectivity index (χ4v) is 2.69. The highest BCUT2D eigenvalue weighted by Crippen LogP contribution is 2.35. The summed E-state index contributed by atoms with van der Waals surface area (Å²) in [6.07, 6.45) is 1.47. The van der Waals surface area contributed by atoms with Gasteiger partial charge in [0.2, 0.25) is 0 Å². The molecule has 0 fully saturated rings. The van der Waals surface area contributed by atoms with Crippen LogP contribution in [0.1, 0.15) is 10.4 Å². The van der Waals surface area contributed by atoms with Crippen LogP contribution in [-0.2, 0) is 7.05 Å². The molecule has 1 aromatic carbocycles. The van der Waals surface area contributed by atoms with E-state index in [-0.39, 0.29) is 26.9 Å². The molecule has 0 aliphatic rings. The van der Waals surface area contributed by atoms with E-state index < -0.39 is 5.91 Å². The summed E-state index contributed by atoms with van der Waals surface area (Å²) in [7, 11) is 1.57. The maximum atomic E-state index is 12.3. The first-order valence-electron chi connectivity index (χ1n) is 5.71. The van der Waals surface area contributed by atoms with Crippen molar-refractivity contribution < 1.29 is 4.79 Å². The first-order valence-corrected chi connectivity index (χ1v) is 6.85. The fraction of sp³-hybridized carbons (Fsp3) is 0.0769. The summed E-state index contributed by atoms with van der Waals surface area (Å²) in [6.45, 7) is 0. The lowest BCUT2D eigenvalue weighted by molar-refractivity contribution is 0.0986. The number of rotatable bonds is 2. The van der Waals surface area contributed by atoms with Crippen molar-refractivity contribution >= 4 is 46.4 Å². The molecule has 0 unspecified atom stereocenters. The Kier molecular flexibility index (Phi) is 4.58. The number of amides is 1. The predicted molar refractivity (Wildman–Crippen MR) is 84.2 cm³/mol. The van der Waals surface area contributed by atoms with Crippen LogP contribution in [0.25, 0.3) is 0 Å². The summed E-state index contributed by atoms with van der Waals surface area (Å²) in [5, 5.41) is 1.37. The molecule has 0 saturated heterocycles. The number of aromatic nitrogens is 1. The number of aryl methyl sites for hydroxylation is 1. The third kappa shape index (κ3) is 3.22. The third-order valence-electron chi connectivity index (χ3n) is 2.79. The number of carbonyl (C=O) groups is 1. The molecule has 0 aliphatic heterocycles. The molecule has 5 nitrogen and oxygen atoms in total. The number of benzene rings is 1. The maximum Gasteiger partial charge on any atom is 0.272 e. The molecule has 0 atom stereocenters. The Labute approximate surface area is 135 Å². The maximum absolute atomic E-state index is 12.3. The number of nitrogens with zero attached hydrogens (tertiary/aromatic N) is 2. The number of hydrogen-bond acceptors (Lipinski definition) is 3. The normalized spacial score (nSPS) is 10.5. The van der Waals surface area contributed by atoms with Gasteiger partial charge in [0, 0.05) is 29.9 Å². The Balaban J connectivity index is 2.44. The Morgan fingerprint density at radius 1 is 1.19 bits per heavy atom. The van der Waals surface area contributed by atoms with Gasteiger partial charge in [-0.15, -0.1) is 0 Å². The second-order valence-electron chi connectivity index (χ2n) is 4.26. The van der Waals surface area contributed by atoms with E-state index in [2.05, 4.69) is 0 Å². The summed E-state index contributed by atoms with van der Waals surface area (Å²) >= 11 is 17.8. The van der Waals surface area contributed by atoms with E-state index in [9.17, 15) is 9.59 Å². The van der Waals surface area contributed by atoms with Crippen molar-refractivity contribution in [2.45, 2.75) is 0 Å². The summed E-state index contributed by atoms with van der Waals surface area (Å²) in [5.74, 6) is 5.16. The van der Waals surface area contributed by atoms with Gasteiger partial charge >= 0.3 is 0 Å². The topological polar surface area (TPSA) is 68.3 Å². The zero-order valence-corrected chi connectivity index (χ0v) is 13.1. The van der Waals surface area contributed by atoms with Gasteiger partial charge in [-0.1, -0.05) is 34.8 Å². The average Bonchev–Trinajstić information content (AvgIpc) is 2.39. The molecular weight excluding hydrogens is 337 g/mol. The van der Waals surface area contributed by atoms with Crippen molar-refractivity contribution in [3.05, 3.63) is 61.4 Å². The van der Waals surface area contributed by atoms with E-state index >= 15 is 0 Å². The minimum Gasteiger partial charge on any atom is -0.319 e. The van der Waals surface area contributed by atoms with Crippen molar-refractivity contribution in [2.75, 3.05) is 5.01 Å². The van der Waals surface area contributed by atoms with Gasteiger partial charge in [-0.3, -0.25) is 9.59 Å². The highest BCUT2D eigenvalue weighted by Gasteiger charge is 2.20. The average molecular weight is 347 g/mol. The van der Waals surface area contributed by atoms with Gasteiger partial charge in [0.15, 0.2) is 0 Å². The Morgan fingerprint density at radius 3 is 2.29 bits per heavy atom. The van der Waals surface area contributed by atoms with Gasteiger partial charge in [-0.2, -0.15) is 0 Å².